The molecule has 0 bridgehead atoms. The molecule has 0 aromatic heterocycles. The molecule has 0 radical (unpaired) electrons. The maximum absolute atomic E-state index is 13.8. The molecular weight excluding hydrogens is 366 g/mol. The van der Waals surface area contributed by atoms with E-state index in [4.69, 9.17) is 0 Å². The van der Waals surface area contributed by atoms with E-state index in [0.29, 0.717) is 10.6 Å². The van der Waals surface area contributed by atoms with Crippen LogP contribution in [0.4, 0.5) is 14.5 Å². The number of halogens is 2. The molecular formula is C13H16F2N2O5S2. The molecule has 1 N–H and O–H groups in total. The van der Waals surface area contributed by atoms with Gasteiger partial charge in [0.25, 0.3) is 0 Å². The molecule has 2 rings (SSSR count). The molecule has 0 saturated carbocycles. The van der Waals surface area contributed by atoms with Crippen molar-refractivity contribution in [2.45, 2.75) is 12.5 Å². The van der Waals surface area contributed by atoms with Gasteiger partial charge in [0.1, 0.15) is 12.2 Å². The minimum atomic E-state index is -4.14. The number of hydrogen-bond donors (Lipinski definition) is 1. The van der Waals surface area contributed by atoms with Crippen LogP contribution in [-0.2, 0) is 24.7 Å². The van der Waals surface area contributed by atoms with Gasteiger partial charge in [0.05, 0.1) is 17.8 Å². The number of anilines is 1. The number of nitrogens with zero attached hydrogens (tertiary/aromatic N) is 1. The SMILES string of the molecule is CS(=O)(=O)N(CC(=O)NC1CCS(=O)(=O)C1)c1c(F)cccc1F. The standard InChI is InChI=1S/C13H16F2N2O5S2/c1-23(19,20)17(13-10(14)3-2-4-11(13)15)7-12(18)16-9-5-6-24(21,22)8-9/h2-4,9H,5-8H2,1H3,(H,16,18). The van der Waals surface area contributed by atoms with Gasteiger partial charge >= 0.3 is 0 Å². The van der Waals surface area contributed by atoms with Crippen molar-refractivity contribution in [1.29, 1.82) is 0 Å². The van der Waals surface area contributed by atoms with Gasteiger partial charge in [0, 0.05) is 6.04 Å². The summed E-state index contributed by atoms with van der Waals surface area (Å²) in [6.07, 6.45) is 0.924. The number of nitrogens with one attached hydrogen (secondary N) is 1. The van der Waals surface area contributed by atoms with Gasteiger partial charge < -0.3 is 5.32 Å². The van der Waals surface area contributed by atoms with Crippen molar-refractivity contribution in [2.75, 3.05) is 28.6 Å². The molecule has 1 amide bonds. The van der Waals surface area contributed by atoms with Crippen LogP contribution < -0.4 is 9.62 Å². The van der Waals surface area contributed by atoms with E-state index < -0.39 is 55.7 Å². The van der Waals surface area contributed by atoms with E-state index in [1.807, 2.05) is 0 Å². The number of hydrogen-bond acceptors (Lipinski definition) is 5. The topological polar surface area (TPSA) is 101 Å². The molecule has 1 saturated heterocycles. The second-order valence-electron chi connectivity index (χ2n) is 5.51. The van der Waals surface area contributed by atoms with Crippen molar-refractivity contribution in [1.82, 2.24) is 5.32 Å². The monoisotopic (exact) mass is 382 g/mol. The van der Waals surface area contributed by atoms with E-state index in [-0.39, 0.29) is 17.9 Å². The van der Waals surface area contributed by atoms with Crippen LogP contribution in [0.1, 0.15) is 6.42 Å². The smallest absolute Gasteiger partial charge is 0.241 e. The number of sulfonamides is 1. The summed E-state index contributed by atoms with van der Waals surface area (Å²) in [6.45, 7) is -0.854. The van der Waals surface area contributed by atoms with Crippen molar-refractivity contribution >= 4 is 31.5 Å². The summed E-state index contributed by atoms with van der Waals surface area (Å²) in [5, 5.41) is 2.38. The summed E-state index contributed by atoms with van der Waals surface area (Å²) in [6, 6.07) is 2.17. The Morgan fingerprint density at radius 3 is 2.38 bits per heavy atom. The zero-order chi connectivity index (χ0) is 18.1. The average molecular weight is 382 g/mol. The van der Waals surface area contributed by atoms with Crippen LogP contribution in [0, 0.1) is 11.6 Å². The van der Waals surface area contributed by atoms with Gasteiger partial charge in [-0.2, -0.15) is 0 Å². The Morgan fingerprint density at radius 1 is 1.33 bits per heavy atom. The molecule has 1 aliphatic heterocycles. The Bertz CT molecular complexity index is 835. The van der Waals surface area contributed by atoms with E-state index in [1.54, 1.807) is 0 Å². The maximum atomic E-state index is 13.8. The van der Waals surface area contributed by atoms with Crippen molar-refractivity contribution in [3.8, 4) is 0 Å². The largest absolute Gasteiger partial charge is 0.351 e. The van der Waals surface area contributed by atoms with Gasteiger partial charge in [0.2, 0.25) is 15.9 Å². The Labute approximate surface area is 138 Å². The number of rotatable bonds is 5. The summed E-state index contributed by atoms with van der Waals surface area (Å²) in [7, 11) is -7.37. The Hall–Kier alpha value is -1.75. The van der Waals surface area contributed by atoms with Crippen LogP contribution in [0.5, 0.6) is 0 Å². The minimum absolute atomic E-state index is 0.0737. The van der Waals surface area contributed by atoms with Gasteiger partial charge in [-0.15, -0.1) is 0 Å². The number of para-hydroxylation sites is 1. The van der Waals surface area contributed by atoms with Gasteiger partial charge in [-0.1, -0.05) is 6.07 Å². The third-order valence-corrected chi connectivity index (χ3v) is 6.35. The van der Waals surface area contributed by atoms with Crippen LogP contribution in [0.15, 0.2) is 18.2 Å². The van der Waals surface area contributed by atoms with Crippen LogP contribution in [-0.4, -0.2) is 53.1 Å². The first-order valence-electron chi connectivity index (χ1n) is 6.91. The summed E-state index contributed by atoms with van der Waals surface area (Å²) >= 11 is 0. The summed E-state index contributed by atoms with van der Waals surface area (Å²) in [5.41, 5.74) is -0.853. The van der Waals surface area contributed by atoms with Crippen LogP contribution in [0.25, 0.3) is 0 Å². The van der Waals surface area contributed by atoms with Crippen molar-refractivity contribution in [2.24, 2.45) is 0 Å². The van der Waals surface area contributed by atoms with Crippen molar-refractivity contribution in [3.63, 3.8) is 0 Å². The molecule has 24 heavy (non-hydrogen) atoms. The average Bonchev–Trinajstić information content (AvgIpc) is 2.75. The first kappa shape index (κ1) is 18.6. The third kappa shape index (κ3) is 4.41. The van der Waals surface area contributed by atoms with Crippen LogP contribution in [0.2, 0.25) is 0 Å². The van der Waals surface area contributed by atoms with E-state index in [1.165, 1.54) is 0 Å². The highest BCUT2D eigenvalue weighted by atomic mass is 32.2. The quantitative estimate of drug-likeness (QED) is 0.775. The zero-order valence-corrected chi connectivity index (χ0v) is 14.3. The molecule has 1 atom stereocenters. The Morgan fingerprint density at radius 2 is 1.92 bits per heavy atom. The molecule has 1 aromatic rings. The zero-order valence-electron chi connectivity index (χ0n) is 12.7. The van der Waals surface area contributed by atoms with Gasteiger partial charge in [-0.05, 0) is 18.6 Å². The maximum Gasteiger partial charge on any atom is 0.241 e. The fourth-order valence-corrected chi connectivity index (χ4v) is 4.93. The third-order valence-electron chi connectivity index (χ3n) is 3.47. The predicted octanol–water partition coefficient (Wildman–Crippen LogP) is 0.0341. The van der Waals surface area contributed by atoms with Crippen molar-refractivity contribution in [3.05, 3.63) is 29.8 Å². The lowest BCUT2D eigenvalue weighted by Crippen LogP contribution is -2.45. The Balaban J connectivity index is 2.20. The molecule has 1 aliphatic rings. The van der Waals surface area contributed by atoms with E-state index in [0.717, 1.165) is 18.2 Å². The summed E-state index contributed by atoms with van der Waals surface area (Å²) < 4.78 is 74.4. The molecule has 1 unspecified atom stereocenters. The number of sulfone groups is 1. The first-order chi connectivity index (χ1) is 11.0. The van der Waals surface area contributed by atoms with Gasteiger partial charge in [0.15, 0.2) is 21.5 Å². The number of amides is 1. The lowest BCUT2D eigenvalue weighted by molar-refractivity contribution is -0.120. The number of benzene rings is 1. The number of carbonyl (C=O) groups excluding carboxylic acids is 1. The normalized spacial score (nSPS) is 19.9. The Kier molecular flexibility index (Phi) is 5.14. The molecule has 1 fully saturated rings. The second kappa shape index (κ2) is 6.63. The van der Waals surface area contributed by atoms with Crippen LogP contribution >= 0.6 is 0 Å². The fraction of sp³-hybridized carbons (Fsp3) is 0.462. The minimum Gasteiger partial charge on any atom is -0.351 e. The van der Waals surface area contributed by atoms with E-state index in [2.05, 4.69) is 5.32 Å². The molecule has 11 heteroatoms. The molecule has 1 aromatic carbocycles. The molecule has 0 spiro atoms. The summed E-state index contributed by atoms with van der Waals surface area (Å²) in [4.78, 5) is 12.0. The molecule has 0 aliphatic carbocycles. The first-order valence-corrected chi connectivity index (χ1v) is 10.6. The van der Waals surface area contributed by atoms with E-state index >= 15 is 0 Å². The lowest BCUT2D eigenvalue weighted by Gasteiger charge is -2.23. The highest BCUT2D eigenvalue weighted by molar-refractivity contribution is 7.92. The molecule has 134 valence electrons. The highest BCUT2D eigenvalue weighted by Gasteiger charge is 2.31. The molecule has 7 nitrogen and oxygen atoms in total. The second-order valence-corrected chi connectivity index (χ2v) is 9.64. The highest BCUT2D eigenvalue weighted by Crippen LogP contribution is 2.25. The van der Waals surface area contributed by atoms with Crippen LogP contribution in [0.3, 0.4) is 0 Å². The lowest BCUT2D eigenvalue weighted by atomic mass is 10.2. The predicted molar refractivity (Wildman–Crippen MR) is 83.7 cm³/mol. The fourth-order valence-electron chi connectivity index (χ4n) is 2.40. The molecule has 1 heterocycles. The van der Waals surface area contributed by atoms with Gasteiger partial charge in [-0.25, -0.2) is 25.6 Å². The van der Waals surface area contributed by atoms with Gasteiger partial charge in [-0.3, -0.25) is 9.10 Å². The number of carbonyl (C=O) groups is 1. The summed E-state index contributed by atoms with van der Waals surface area (Å²) in [5.74, 6) is -3.42. The van der Waals surface area contributed by atoms with Crippen molar-refractivity contribution < 1.29 is 30.4 Å². The van der Waals surface area contributed by atoms with E-state index in [9.17, 15) is 30.4 Å².